The summed E-state index contributed by atoms with van der Waals surface area (Å²) in [6, 6.07) is 15.0. The zero-order chi connectivity index (χ0) is 20.1. The quantitative estimate of drug-likeness (QED) is 0.653. The second kappa shape index (κ2) is 8.49. The van der Waals surface area contributed by atoms with Gasteiger partial charge in [0.1, 0.15) is 11.8 Å². The summed E-state index contributed by atoms with van der Waals surface area (Å²) < 4.78 is 1.89. The number of nitrogens with zero attached hydrogens (tertiary/aromatic N) is 5. The third-order valence-corrected chi connectivity index (χ3v) is 4.52. The van der Waals surface area contributed by atoms with Crippen LogP contribution in [0.3, 0.4) is 0 Å². The topological polar surface area (TPSA) is 74.8 Å². The van der Waals surface area contributed by atoms with Crippen molar-refractivity contribution in [3.05, 3.63) is 71.7 Å². The highest BCUT2D eigenvalue weighted by Crippen LogP contribution is 2.19. The van der Waals surface area contributed by atoms with Gasteiger partial charge in [-0.05, 0) is 45.0 Å². The molecule has 0 unspecified atom stereocenters. The molecule has 2 heterocycles. The number of rotatable bonds is 6. The summed E-state index contributed by atoms with van der Waals surface area (Å²) >= 11 is 0. The standard InChI is InChI=1S/C22H23N5O/c1-4-26(14-17-13-24-27(15-17)16(2)3)22(28)19-10-8-18(9-11-19)21-7-5-6-20(12-23)25-21/h5-11,13,15-16H,4,14H2,1-3H3. The van der Waals surface area contributed by atoms with Crippen molar-refractivity contribution < 1.29 is 4.79 Å². The van der Waals surface area contributed by atoms with E-state index >= 15 is 0 Å². The summed E-state index contributed by atoms with van der Waals surface area (Å²) in [5, 5.41) is 13.3. The zero-order valence-electron chi connectivity index (χ0n) is 16.3. The molecule has 0 fully saturated rings. The lowest BCUT2D eigenvalue weighted by molar-refractivity contribution is 0.0752. The van der Waals surface area contributed by atoms with E-state index in [2.05, 4.69) is 23.9 Å². The van der Waals surface area contributed by atoms with Gasteiger partial charge < -0.3 is 4.90 Å². The van der Waals surface area contributed by atoms with Crippen LogP contribution in [0.1, 0.15) is 48.4 Å². The number of hydrogen-bond acceptors (Lipinski definition) is 4. The average molecular weight is 373 g/mol. The molecule has 6 nitrogen and oxygen atoms in total. The Morgan fingerprint density at radius 3 is 2.57 bits per heavy atom. The van der Waals surface area contributed by atoms with Crippen molar-refractivity contribution in [2.75, 3.05) is 6.54 Å². The van der Waals surface area contributed by atoms with Crippen molar-refractivity contribution in [3.8, 4) is 17.3 Å². The Labute approximate surface area is 165 Å². The molecule has 3 aromatic rings. The average Bonchev–Trinajstić information content (AvgIpc) is 3.21. The van der Waals surface area contributed by atoms with Crippen LogP contribution in [-0.4, -0.2) is 32.1 Å². The van der Waals surface area contributed by atoms with Gasteiger partial charge in [0.15, 0.2) is 0 Å². The first-order valence-corrected chi connectivity index (χ1v) is 9.31. The minimum absolute atomic E-state index is 0.0231. The van der Waals surface area contributed by atoms with Crippen molar-refractivity contribution in [3.63, 3.8) is 0 Å². The van der Waals surface area contributed by atoms with Gasteiger partial charge in [-0.25, -0.2) is 4.98 Å². The largest absolute Gasteiger partial charge is 0.334 e. The highest BCUT2D eigenvalue weighted by Gasteiger charge is 2.16. The van der Waals surface area contributed by atoms with Gasteiger partial charge in [0.05, 0.1) is 11.9 Å². The van der Waals surface area contributed by atoms with Crippen molar-refractivity contribution >= 4 is 5.91 Å². The highest BCUT2D eigenvalue weighted by molar-refractivity contribution is 5.94. The summed E-state index contributed by atoms with van der Waals surface area (Å²) in [4.78, 5) is 19.0. The zero-order valence-corrected chi connectivity index (χ0v) is 16.3. The number of nitriles is 1. The molecule has 0 aliphatic heterocycles. The van der Waals surface area contributed by atoms with Gasteiger partial charge in [0.2, 0.25) is 0 Å². The van der Waals surface area contributed by atoms with Crippen LogP contribution in [0.5, 0.6) is 0 Å². The molecule has 0 saturated carbocycles. The van der Waals surface area contributed by atoms with Crippen molar-refractivity contribution in [2.45, 2.75) is 33.4 Å². The molecule has 0 radical (unpaired) electrons. The summed E-state index contributed by atoms with van der Waals surface area (Å²) in [7, 11) is 0. The van der Waals surface area contributed by atoms with E-state index in [9.17, 15) is 4.79 Å². The second-order valence-electron chi connectivity index (χ2n) is 6.84. The number of amides is 1. The molecule has 0 aliphatic carbocycles. The summed E-state index contributed by atoms with van der Waals surface area (Å²) in [6.07, 6.45) is 3.80. The van der Waals surface area contributed by atoms with Crippen LogP contribution in [0.15, 0.2) is 54.9 Å². The lowest BCUT2D eigenvalue weighted by Gasteiger charge is -2.20. The number of pyridine rings is 1. The second-order valence-corrected chi connectivity index (χ2v) is 6.84. The lowest BCUT2D eigenvalue weighted by atomic mass is 10.1. The Morgan fingerprint density at radius 1 is 1.21 bits per heavy atom. The molecule has 0 N–H and O–H groups in total. The van der Waals surface area contributed by atoms with Gasteiger partial charge in [0.25, 0.3) is 5.91 Å². The molecule has 142 valence electrons. The van der Waals surface area contributed by atoms with Gasteiger partial charge in [-0.1, -0.05) is 18.2 Å². The number of hydrogen-bond donors (Lipinski definition) is 0. The molecule has 1 aromatic carbocycles. The molecule has 0 saturated heterocycles. The minimum atomic E-state index is -0.0231. The van der Waals surface area contributed by atoms with E-state index in [0.717, 1.165) is 11.1 Å². The minimum Gasteiger partial charge on any atom is -0.334 e. The van der Waals surface area contributed by atoms with E-state index < -0.39 is 0 Å². The van der Waals surface area contributed by atoms with Gasteiger partial charge in [-0.15, -0.1) is 0 Å². The Bertz CT molecular complexity index is 998. The fourth-order valence-corrected chi connectivity index (χ4v) is 2.91. The van der Waals surface area contributed by atoms with Crippen molar-refractivity contribution in [2.24, 2.45) is 0 Å². The van der Waals surface area contributed by atoms with Crippen LogP contribution < -0.4 is 0 Å². The third kappa shape index (κ3) is 4.26. The number of benzene rings is 1. The van der Waals surface area contributed by atoms with E-state index in [1.165, 1.54) is 0 Å². The first kappa shape index (κ1) is 19.3. The van der Waals surface area contributed by atoms with E-state index in [1.807, 2.05) is 48.3 Å². The maximum Gasteiger partial charge on any atom is 0.254 e. The van der Waals surface area contributed by atoms with E-state index in [4.69, 9.17) is 5.26 Å². The Balaban J connectivity index is 1.75. The molecular weight excluding hydrogens is 350 g/mol. The normalized spacial score (nSPS) is 10.7. The van der Waals surface area contributed by atoms with Crippen LogP contribution in [0.2, 0.25) is 0 Å². The van der Waals surface area contributed by atoms with Crippen LogP contribution in [0.4, 0.5) is 0 Å². The van der Waals surface area contributed by atoms with Crippen molar-refractivity contribution in [1.29, 1.82) is 5.26 Å². The van der Waals surface area contributed by atoms with Crippen molar-refractivity contribution in [1.82, 2.24) is 19.7 Å². The molecule has 0 aliphatic rings. The molecule has 3 rings (SSSR count). The fraction of sp³-hybridized carbons (Fsp3) is 0.273. The molecule has 6 heteroatoms. The highest BCUT2D eigenvalue weighted by atomic mass is 16.2. The molecule has 0 bridgehead atoms. The molecule has 1 amide bonds. The molecule has 0 spiro atoms. The Kier molecular flexibility index (Phi) is 5.85. The lowest BCUT2D eigenvalue weighted by Crippen LogP contribution is -2.30. The Hall–Kier alpha value is -3.46. The van der Waals surface area contributed by atoms with Gasteiger partial charge in [-0.2, -0.15) is 10.4 Å². The van der Waals surface area contributed by atoms with E-state index in [0.29, 0.717) is 36.1 Å². The fourth-order valence-electron chi connectivity index (χ4n) is 2.91. The van der Waals surface area contributed by atoms with Crippen LogP contribution in [-0.2, 0) is 6.54 Å². The number of carbonyl (C=O) groups is 1. The van der Waals surface area contributed by atoms with Crippen LogP contribution in [0.25, 0.3) is 11.3 Å². The predicted molar refractivity (Wildman–Crippen MR) is 107 cm³/mol. The predicted octanol–water partition coefficient (Wildman–Crippen LogP) is 4.06. The monoisotopic (exact) mass is 373 g/mol. The smallest absolute Gasteiger partial charge is 0.254 e. The summed E-state index contributed by atoms with van der Waals surface area (Å²) in [5.74, 6) is -0.0231. The van der Waals surface area contributed by atoms with Gasteiger partial charge >= 0.3 is 0 Å². The van der Waals surface area contributed by atoms with Crippen LogP contribution >= 0.6 is 0 Å². The molecule has 28 heavy (non-hydrogen) atoms. The number of aromatic nitrogens is 3. The molecule has 2 aromatic heterocycles. The van der Waals surface area contributed by atoms with Gasteiger partial charge in [0, 0.05) is 42.0 Å². The first-order valence-electron chi connectivity index (χ1n) is 9.31. The summed E-state index contributed by atoms with van der Waals surface area (Å²) in [5.41, 5.74) is 3.59. The first-order chi connectivity index (χ1) is 13.5. The van der Waals surface area contributed by atoms with E-state index in [1.54, 1.807) is 29.2 Å². The van der Waals surface area contributed by atoms with E-state index in [-0.39, 0.29) is 5.91 Å². The Morgan fingerprint density at radius 2 is 1.96 bits per heavy atom. The summed E-state index contributed by atoms with van der Waals surface area (Å²) in [6.45, 7) is 7.25. The number of carbonyl (C=O) groups excluding carboxylic acids is 1. The maximum atomic E-state index is 12.9. The molecule has 0 atom stereocenters. The van der Waals surface area contributed by atoms with Gasteiger partial charge in [-0.3, -0.25) is 9.48 Å². The third-order valence-electron chi connectivity index (χ3n) is 4.52. The van der Waals surface area contributed by atoms with Crippen LogP contribution in [0, 0.1) is 11.3 Å². The SMILES string of the molecule is CCN(Cc1cnn(C(C)C)c1)C(=O)c1ccc(-c2cccc(C#N)n2)cc1. The molecular formula is C22H23N5O. The maximum absolute atomic E-state index is 12.9.